The van der Waals surface area contributed by atoms with Gasteiger partial charge in [-0.3, -0.25) is 0 Å². The molecule has 2 saturated heterocycles. The molecule has 0 aromatic carbocycles. The van der Waals surface area contributed by atoms with E-state index >= 15 is 0 Å². The third kappa shape index (κ3) is 1.78. The van der Waals surface area contributed by atoms with Crippen molar-refractivity contribution in [1.82, 2.24) is 9.97 Å². The first-order valence-corrected chi connectivity index (χ1v) is 5.99. The number of ether oxygens (including phenoxy) is 1. The largest absolute Gasteiger partial charge is 0.375 e. The summed E-state index contributed by atoms with van der Waals surface area (Å²) in [5, 5.41) is 0. The Morgan fingerprint density at radius 3 is 3.25 bits per heavy atom. The molecule has 3 heterocycles. The van der Waals surface area contributed by atoms with Gasteiger partial charge in [0.25, 0.3) is 0 Å². The molecular formula is C12H17N3O. The van der Waals surface area contributed by atoms with Crippen LogP contribution in [0, 0.1) is 5.92 Å². The summed E-state index contributed by atoms with van der Waals surface area (Å²) in [7, 11) is 0. The molecule has 86 valence electrons. The molecule has 0 bridgehead atoms. The van der Waals surface area contributed by atoms with Gasteiger partial charge in [0.1, 0.15) is 12.1 Å². The summed E-state index contributed by atoms with van der Waals surface area (Å²) in [4.78, 5) is 10.6. The van der Waals surface area contributed by atoms with Gasteiger partial charge in [0, 0.05) is 25.2 Å². The molecule has 2 aliphatic heterocycles. The predicted octanol–water partition coefficient (Wildman–Crippen LogP) is 1.48. The number of hydrogen-bond acceptors (Lipinski definition) is 4. The first-order chi connectivity index (χ1) is 7.83. The molecule has 0 radical (unpaired) electrons. The zero-order valence-electron chi connectivity index (χ0n) is 9.54. The van der Waals surface area contributed by atoms with Gasteiger partial charge in [-0.2, -0.15) is 0 Å². The van der Waals surface area contributed by atoms with E-state index in [1.54, 1.807) is 6.33 Å². The van der Waals surface area contributed by atoms with Crippen molar-refractivity contribution in [2.24, 2.45) is 5.92 Å². The van der Waals surface area contributed by atoms with Crippen LogP contribution in [-0.2, 0) is 4.74 Å². The van der Waals surface area contributed by atoms with Crippen LogP contribution in [0.15, 0.2) is 18.6 Å². The van der Waals surface area contributed by atoms with Crippen molar-refractivity contribution in [2.75, 3.05) is 18.0 Å². The van der Waals surface area contributed by atoms with E-state index in [1.165, 1.54) is 6.42 Å². The van der Waals surface area contributed by atoms with Crippen LogP contribution < -0.4 is 4.90 Å². The monoisotopic (exact) mass is 219 g/mol. The Morgan fingerprint density at radius 2 is 2.44 bits per heavy atom. The van der Waals surface area contributed by atoms with Crippen LogP contribution in [0.1, 0.15) is 19.8 Å². The molecule has 4 nitrogen and oxygen atoms in total. The first kappa shape index (κ1) is 10.0. The smallest absolute Gasteiger partial charge is 0.131 e. The highest BCUT2D eigenvalue weighted by Crippen LogP contribution is 2.33. The number of fused-ring (bicyclic) bond motifs is 1. The van der Waals surface area contributed by atoms with Crippen LogP contribution in [0.25, 0.3) is 0 Å². The molecule has 4 heteroatoms. The highest BCUT2D eigenvalue weighted by atomic mass is 16.5. The third-order valence-electron chi connectivity index (χ3n) is 3.60. The van der Waals surface area contributed by atoms with Crippen molar-refractivity contribution in [2.45, 2.75) is 32.0 Å². The van der Waals surface area contributed by atoms with Crippen molar-refractivity contribution >= 4 is 5.82 Å². The second-order valence-electron chi connectivity index (χ2n) is 4.78. The molecule has 0 spiro atoms. The maximum absolute atomic E-state index is 5.89. The summed E-state index contributed by atoms with van der Waals surface area (Å²) in [6.07, 6.45) is 6.65. The Bertz CT molecular complexity index is 357. The van der Waals surface area contributed by atoms with Gasteiger partial charge in [-0.1, -0.05) is 0 Å². The Labute approximate surface area is 95.7 Å². The van der Waals surface area contributed by atoms with E-state index in [4.69, 9.17) is 4.74 Å². The fourth-order valence-corrected chi connectivity index (χ4v) is 2.88. The summed E-state index contributed by atoms with van der Waals surface area (Å²) >= 11 is 0. The lowest BCUT2D eigenvalue weighted by Gasteiger charge is -2.34. The lowest BCUT2D eigenvalue weighted by atomic mass is 9.93. The predicted molar refractivity (Wildman–Crippen MR) is 61.3 cm³/mol. The maximum atomic E-state index is 5.89. The van der Waals surface area contributed by atoms with Crippen LogP contribution >= 0.6 is 0 Å². The first-order valence-electron chi connectivity index (χ1n) is 5.99. The van der Waals surface area contributed by atoms with Gasteiger partial charge in [-0.15, -0.1) is 0 Å². The van der Waals surface area contributed by atoms with Crippen LogP contribution in [-0.4, -0.2) is 35.3 Å². The summed E-state index contributed by atoms with van der Waals surface area (Å²) in [6.45, 7) is 4.30. The molecule has 0 amide bonds. The van der Waals surface area contributed by atoms with Crippen molar-refractivity contribution in [1.29, 1.82) is 0 Å². The van der Waals surface area contributed by atoms with Crippen LogP contribution in [0.5, 0.6) is 0 Å². The number of anilines is 1. The summed E-state index contributed by atoms with van der Waals surface area (Å²) < 4.78 is 5.89. The number of hydrogen-bond donors (Lipinski definition) is 0. The molecule has 2 fully saturated rings. The Hall–Kier alpha value is -1.16. The Balaban J connectivity index is 1.72. The van der Waals surface area contributed by atoms with E-state index in [1.807, 2.05) is 12.3 Å². The van der Waals surface area contributed by atoms with Gasteiger partial charge in [0.15, 0.2) is 0 Å². The number of rotatable bonds is 1. The lowest BCUT2D eigenvalue weighted by molar-refractivity contribution is 0.0346. The molecule has 3 atom stereocenters. The lowest BCUT2D eigenvalue weighted by Crippen LogP contribution is -2.41. The van der Waals surface area contributed by atoms with E-state index < -0.39 is 0 Å². The molecule has 0 saturated carbocycles. The minimum atomic E-state index is 0.431. The third-order valence-corrected chi connectivity index (χ3v) is 3.60. The number of nitrogens with zero attached hydrogens (tertiary/aromatic N) is 3. The zero-order valence-corrected chi connectivity index (χ0v) is 9.54. The molecule has 1 aromatic rings. The van der Waals surface area contributed by atoms with Crippen LogP contribution in [0.3, 0.4) is 0 Å². The molecule has 1 aromatic heterocycles. The topological polar surface area (TPSA) is 38.2 Å². The summed E-state index contributed by atoms with van der Waals surface area (Å²) in [5.74, 6) is 1.73. The second kappa shape index (κ2) is 4.01. The number of aromatic nitrogens is 2. The van der Waals surface area contributed by atoms with Crippen molar-refractivity contribution in [3.8, 4) is 0 Å². The van der Waals surface area contributed by atoms with E-state index in [-0.39, 0.29) is 0 Å². The SMILES string of the molecule is C[C@@H]1C[C@@H]2CN(c3ccncn3)CC[C@@H]2O1. The molecule has 0 aliphatic carbocycles. The Kier molecular flexibility index (Phi) is 2.52. The molecular weight excluding hydrogens is 202 g/mol. The minimum absolute atomic E-state index is 0.431. The van der Waals surface area contributed by atoms with E-state index in [2.05, 4.69) is 21.8 Å². The van der Waals surface area contributed by atoms with Gasteiger partial charge in [-0.25, -0.2) is 9.97 Å². The van der Waals surface area contributed by atoms with Crippen molar-refractivity contribution < 1.29 is 4.74 Å². The maximum Gasteiger partial charge on any atom is 0.131 e. The van der Waals surface area contributed by atoms with Crippen molar-refractivity contribution in [3.05, 3.63) is 18.6 Å². The molecule has 2 aliphatic rings. The van der Waals surface area contributed by atoms with Gasteiger partial charge >= 0.3 is 0 Å². The van der Waals surface area contributed by atoms with Crippen molar-refractivity contribution in [3.63, 3.8) is 0 Å². The highest BCUT2D eigenvalue weighted by Gasteiger charge is 2.37. The standard InChI is InChI=1S/C12H17N3O/c1-9-6-10-7-15(5-3-11(10)16-9)12-2-4-13-8-14-12/h2,4,8-11H,3,5-7H2,1H3/t9-,10-,11+/m1/s1. The average molecular weight is 219 g/mol. The average Bonchev–Trinajstić information content (AvgIpc) is 2.69. The Morgan fingerprint density at radius 1 is 1.50 bits per heavy atom. The summed E-state index contributed by atoms with van der Waals surface area (Å²) in [6, 6.07) is 1.99. The van der Waals surface area contributed by atoms with Gasteiger partial charge in [0.2, 0.25) is 0 Å². The normalized spacial score (nSPS) is 33.8. The quantitative estimate of drug-likeness (QED) is 0.717. The highest BCUT2D eigenvalue weighted by molar-refractivity contribution is 5.37. The van der Waals surface area contributed by atoms with E-state index in [0.29, 0.717) is 18.1 Å². The van der Waals surface area contributed by atoms with Gasteiger partial charge in [-0.05, 0) is 25.8 Å². The van der Waals surface area contributed by atoms with Crippen LogP contribution in [0.4, 0.5) is 5.82 Å². The summed E-state index contributed by atoms with van der Waals surface area (Å²) in [5.41, 5.74) is 0. The molecule has 3 rings (SSSR count). The fourth-order valence-electron chi connectivity index (χ4n) is 2.88. The fraction of sp³-hybridized carbons (Fsp3) is 0.667. The van der Waals surface area contributed by atoms with Gasteiger partial charge in [0.05, 0.1) is 12.2 Å². The zero-order chi connectivity index (χ0) is 11.0. The number of piperidine rings is 1. The molecule has 16 heavy (non-hydrogen) atoms. The van der Waals surface area contributed by atoms with E-state index in [9.17, 15) is 0 Å². The molecule has 0 unspecified atom stereocenters. The minimum Gasteiger partial charge on any atom is -0.375 e. The van der Waals surface area contributed by atoms with Crippen LogP contribution in [0.2, 0.25) is 0 Å². The second-order valence-corrected chi connectivity index (χ2v) is 4.78. The molecule has 0 N–H and O–H groups in total. The van der Waals surface area contributed by atoms with Gasteiger partial charge < -0.3 is 9.64 Å². The van der Waals surface area contributed by atoms with E-state index in [0.717, 1.165) is 25.3 Å².